The summed E-state index contributed by atoms with van der Waals surface area (Å²) in [5.74, 6) is 0.801. The van der Waals surface area contributed by atoms with Crippen molar-refractivity contribution in [3.63, 3.8) is 0 Å². The lowest BCUT2D eigenvalue weighted by Crippen LogP contribution is -2.53. The Balaban J connectivity index is 1.54. The number of carbonyl (C=O) groups is 1. The number of hydrogen-bond acceptors (Lipinski definition) is 5. The lowest BCUT2D eigenvalue weighted by atomic mass is 10.0. The predicted octanol–water partition coefficient (Wildman–Crippen LogP) is 2.27. The van der Waals surface area contributed by atoms with Crippen LogP contribution in [0, 0.1) is 6.92 Å². The van der Waals surface area contributed by atoms with E-state index in [4.69, 9.17) is 9.15 Å². The van der Waals surface area contributed by atoms with Crippen LogP contribution in [0.1, 0.15) is 11.5 Å². The van der Waals surface area contributed by atoms with E-state index in [2.05, 4.69) is 10.2 Å². The highest BCUT2D eigenvalue weighted by molar-refractivity contribution is 5.79. The van der Waals surface area contributed by atoms with E-state index in [1.54, 1.807) is 4.90 Å². The molecule has 1 amide bonds. The van der Waals surface area contributed by atoms with E-state index in [0.717, 1.165) is 5.56 Å². The molecule has 0 saturated carbocycles. The minimum atomic E-state index is -0.133. The van der Waals surface area contributed by atoms with Gasteiger partial charge in [-0.25, -0.2) is 0 Å². The predicted molar refractivity (Wildman–Crippen MR) is 86.8 cm³/mol. The SMILES string of the molecule is Cc1ccc(-c2nnc(CN3C(=O)CO[C@H]4C=CC=C[C@H]43)o2)cc1. The summed E-state index contributed by atoms with van der Waals surface area (Å²) in [6, 6.07) is 7.74. The molecule has 1 aromatic carbocycles. The van der Waals surface area contributed by atoms with Crippen LogP contribution >= 0.6 is 0 Å². The van der Waals surface area contributed by atoms with Crippen LogP contribution in [0.15, 0.2) is 53.0 Å². The van der Waals surface area contributed by atoms with Crippen molar-refractivity contribution in [2.45, 2.75) is 25.6 Å². The van der Waals surface area contributed by atoms with Crippen LogP contribution in [0.3, 0.4) is 0 Å². The number of carbonyl (C=O) groups excluding carboxylic acids is 1. The van der Waals surface area contributed by atoms with Crippen molar-refractivity contribution >= 4 is 5.91 Å². The summed E-state index contributed by atoms with van der Waals surface area (Å²) < 4.78 is 11.3. The molecule has 0 spiro atoms. The van der Waals surface area contributed by atoms with E-state index >= 15 is 0 Å². The zero-order valence-electron chi connectivity index (χ0n) is 13.3. The Kier molecular flexibility index (Phi) is 3.74. The first-order valence-electron chi connectivity index (χ1n) is 7.86. The van der Waals surface area contributed by atoms with Gasteiger partial charge in [-0.1, -0.05) is 42.0 Å². The van der Waals surface area contributed by atoms with Gasteiger partial charge < -0.3 is 14.1 Å². The number of aryl methyl sites for hydroxylation is 1. The zero-order chi connectivity index (χ0) is 16.5. The van der Waals surface area contributed by atoms with Crippen LogP contribution < -0.4 is 0 Å². The fraction of sp³-hybridized carbons (Fsp3) is 0.278. The van der Waals surface area contributed by atoms with E-state index in [-0.39, 0.29) is 31.2 Å². The number of fused-ring (bicyclic) bond motifs is 1. The second-order valence-electron chi connectivity index (χ2n) is 5.92. The normalized spacial score (nSPS) is 22.7. The molecule has 0 unspecified atom stereocenters. The molecule has 1 aromatic heterocycles. The van der Waals surface area contributed by atoms with E-state index in [1.807, 2.05) is 55.5 Å². The Morgan fingerprint density at radius 1 is 1.17 bits per heavy atom. The first-order valence-corrected chi connectivity index (χ1v) is 7.86. The number of amides is 1. The average molecular weight is 323 g/mol. The molecular formula is C18H17N3O3. The molecule has 1 aliphatic heterocycles. The largest absolute Gasteiger partial charge is 0.419 e. The molecule has 0 N–H and O–H groups in total. The number of allylic oxidation sites excluding steroid dienone is 2. The van der Waals surface area contributed by atoms with Crippen LogP contribution in [-0.2, 0) is 16.1 Å². The van der Waals surface area contributed by atoms with Gasteiger partial charge in [-0.15, -0.1) is 10.2 Å². The van der Waals surface area contributed by atoms with E-state index < -0.39 is 0 Å². The van der Waals surface area contributed by atoms with Gasteiger partial charge in [0.1, 0.15) is 12.7 Å². The van der Waals surface area contributed by atoms with E-state index in [1.165, 1.54) is 5.56 Å². The minimum absolute atomic E-state index is 0.0678. The van der Waals surface area contributed by atoms with E-state index in [9.17, 15) is 4.79 Å². The van der Waals surface area contributed by atoms with Gasteiger partial charge in [-0.3, -0.25) is 4.79 Å². The van der Waals surface area contributed by atoms with Gasteiger partial charge in [-0.2, -0.15) is 0 Å². The quantitative estimate of drug-likeness (QED) is 0.867. The third-order valence-electron chi connectivity index (χ3n) is 4.21. The van der Waals surface area contributed by atoms with Crippen molar-refractivity contribution in [3.8, 4) is 11.5 Å². The number of benzene rings is 1. The Labute approximate surface area is 139 Å². The van der Waals surface area contributed by atoms with Crippen molar-refractivity contribution in [1.29, 1.82) is 0 Å². The summed E-state index contributed by atoms with van der Waals surface area (Å²) >= 11 is 0. The van der Waals surface area contributed by atoms with Crippen molar-refractivity contribution in [1.82, 2.24) is 15.1 Å². The zero-order valence-corrected chi connectivity index (χ0v) is 13.3. The number of rotatable bonds is 3. The number of hydrogen-bond donors (Lipinski definition) is 0. The minimum Gasteiger partial charge on any atom is -0.419 e. The number of morpholine rings is 1. The highest BCUT2D eigenvalue weighted by atomic mass is 16.5. The molecule has 24 heavy (non-hydrogen) atoms. The molecule has 6 nitrogen and oxygen atoms in total. The average Bonchev–Trinajstić information content (AvgIpc) is 3.07. The van der Waals surface area contributed by atoms with Crippen LogP contribution in [0.4, 0.5) is 0 Å². The molecule has 0 bridgehead atoms. The smallest absolute Gasteiger partial charge is 0.249 e. The molecule has 4 rings (SSSR count). The van der Waals surface area contributed by atoms with Crippen molar-refractivity contribution in [3.05, 3.63) is 60.0 Å². The van der Waals surface area contributed by atoms with Crippen molar-refractivity contribution < 1.29 is 13.9 Å². The van der Waals surface area contributed by atoms with Crippen LogP contribution in [0.2, 0.25) is 0 Å². The third kappa shape index (κ3) is 2.76. The molecule has 122 valence electrons. The van der Waals surface area contributed by atoms with Crippen LogP contribution in [0.5, 0.6) is 0 Å². The van der Waals surface area contributed by atoms with Gasteiger partial charge in [0, 0.05) is 5.56 Å². The monoisotopic (exact) mass is 323 g/mol. The summed E-state index contributed by atoms with van der Waals surface area (Å²) in [5, 5.41) is 8.18. The molecule has 1 saturated heterocycles. The molecule has 2 atom stereocenters. The van der Waals surface area contributed by atoms with Gasteiger partial charge in [0.15, 0.2) is 0 Å². The van der Waals surface area contributed by atoms with Gasteiger partial charge >= 0.3 is 0 Å². The molecule has 6 heteroatoms. The Hall–Kier alpha value is -2.73. The Morgan fingerprint density at radius 3 is 2.79 bits per heavy atom. The molecule has 2 heterocycles. The summed E-state index contributed by atoms with van der Waals surface area (Å²) in [6.07, 6.45) is 7.64. The maximum Gasteiger partial charge on any atom is 0.249 e. The fourth-order valence-corrected chi connectivity index (χ4v) is 2.90. The summed E-state index contributed by atoms with van der Waals surface area (Å²) in [7, 11) is 0. The molecule has 1 aliphatic carbocycles. The number of nitrogens with zero attached hydrogens (tertiary/aromatic N) is 3. The second kappa shape index (κ2) is 6.05. The molecule has 1 fully saturated rings. The fourth-order valence-electron chi connectivity index (χ4n) is 2.90. The first kappa shape index (κ1) is 14.8. The Morgan fingerprint density at radius 2 is 1.96 bits per heavy atom. The second-order valence-corrected chi connectivity index (χ2v) is 5.92. The topological polar surface area (TPSA) is 68.5 Å². The maximum absolute atomic E-state index is 12.2. The van der Waals surface area contributed by atoms with Crippen molar-refractivity contribution in [2.24, 2.45) is 0 Å². The van der Waals surface area contributed by atoms with Gasteiger partial charge in [0.05, 0.1) is 12.6 Å². The van der Waals surface area contributed by atoms with Gasteiger partial charge in [-0.05, 0) is 19.1 Å². The van der Waals surface area contributed by atoms with Gasteiger partial charge in [0.25, 0.3) is 0 Å². The van der Waals surface area contributed by atoms with Crippen LogP contribution in [-0.4, -0.2) is 39.8 Å². The summed E-state index contributed by atoms with van der Waals surface area (Å²) in [4.78, 5) is 13.9. The summed E-state index contributed by atoms with van der Waals surface area (Å²) in [6.45, 7) is 2.37. The highest BCUT2D eigenvalue weighted by Gasteiger charge is 2.35. The van der Waals surface area contributed by atoms with Crippen molar-refractivity contribution in [2.75, 3.05) is 6.61 Å². The molecule has 0 radical (unpaired) electrons. The molecule has 2 aromatic rings. The molecule has 2 aliphatic rings. The van der Waals surface area contributed by atoms with Gasteiger partial charge in [0.2, 0.25) is 17.7 Å². The first-order chi connectivity index (χ1) is 11.7. The highest BCUT2D eigenvalue weighted by Crippen LogP contribution is 2.24. The third-order valence-corrected chi connectivity index (χ3v) is 4.21. The molecular weight excluding hydrogens is 306 g/mol. The standard InChI is InChI=1S/C18H17N3O3/c1-12-6-8-13(9-7-12)18-20-19-16(24-18)10-21-14-4-2-3-5-15(14)23-11-17(21)22/h2-9,14-15H,10-11H2,1H3/t14-,15+/m1/s1. The number of ether oxygens (including phenoxy) is 1. The summed E-state index contributed by atoms with van der Waals surface area (Å²) in [5.41, 5.74) is 2.03. The number of aromatic nitrogens is 2. The van der Waals surface area contributed by atoms with E-state index in [0.29, 0.717) is 11.8 Å². The Bertz CT molecular complexity index is 807. The lowest BCUT2D eigenvalue weighted by molar-refractivity contribution is -0.152. The lowest BCUT2D eigenvalue weighted by Gasteiger charge is -2.38. The maximum atomic E-state index is 12.2. The van der Waals surface area contributed by atoms with Crippen LogP contribution in [0.25, 0.3) is 11.5 Å².